The number of rotatable bonds is 4. The van der Waals surface area contributed by atoms with Gasteiger partial charge in [0.15, 0.2) is 0 Å². The number of likely N-dealkylation sites (N-methyl/N-ethyl adjacent to an activating group) is 2. The number of hydrogen-bond donors (Lipinski definition) is 1. The van der Waals surface area contributed by atoms with Crippen LogP contribution < -0.4 is 5.32 Å². The molecule has 0 atom stereocenters. The highest BCUT2D eigenvalue weighted by Gasteiger charge is 2.16. The molecular weight excluding hydrogens is 333 g/mol. The minimum atomic E-state index is -0.0457. The molecule has 0 unspecified atom stereocenters. The maximum Gasteiger partial charge on any atom is 0.255 e. The van der Waals surface area contributed by atoms with E-state index >= 15 is 0 Å². The van der Waals surface area contributed by atoms with Gasteiger partial charge in [-0.15, -0.1) is 24.8 Å². The van der Waals surface area contributed by atoms with Gasteiger partial charge in [0.05, 0.1) is 16.1 Å². The van der Waals surface area contributed by atoms with Gasteiger partial charge in [-0.05, 0) is 31.3 Å². The number of carbonyl (C=O) groups is 1. The van der Waals surface area contributed by atoms with Crippen molar-refractivity contribution < 1.29 is 4.79 Å². The summed E-state index contributed by atoms with van der Waals surface area (Å²) in [4.78, 5) is 18.3. The third-order valence-corrected chi connectivity index (χ3v) is 3.32. The maximum atomic E-state index is 12.4. The van der Waals surface area contributed by atoms with E-state index in [1.165, 1.54) is 0 Å². The molecule has 0 radical (unpaired) electrons. The molecule has 0 aliphatic rings. The van der Waals surface area contributed by atoms with Crippen molar-refractivity contribution in [3.8, 4) is 0 Å². The van der Waals surface area contributed by atoms with Crippen molar-refractivity contribution in [2.24, 2.45) is 0 Å². The quantitative estimate of drug-likeness (QED) is 0.922. The van der Waals surface area contributed by atoms with Crippen LogP contribution in [0.2, 0.25) is 5.02 Å². The monoisotopic (exact) mass is 349 g/mol. The third-order valence-electron chi connectivity index (χ3n) is 2.99. The van der Waals surface area contributed by atoms with Crippen LogP contribution in [0.25, 0.3) is 10.9 Å². The molecule has 0 bridgehead atoms. The van der Waals surface area contributed by atoms with Crippen LogP contribution in [0.15, 0.2) is 30.5 Å². The van der Waals surface area contributed by atoms with Gasteiger partial charge in [0.1, 0.15) is 0 Å². The van der Waals surface area contributed by atoms with Gasteiger partial charge in [0.25, 0.3) is 5.91 Å². The predicted molar refractivity (Wildman–Crippen MR) is 92.1 cm³/mol. The first-order chi connectivity index (χ1) is 9.15. The SMILES string of the molecule is CNCCN(C)C(=O)c1ccc(Cl)c2cccnc12.Cl.Cl. The van der Waals surface area contributed by atoms with Crippen LogP contribution in [0.5, 0.6) is 0 Å². The first kappa shape index (κ1) is 19.9. The number of nitrogens with zero attached hydrogens (tertiary/aromatic N) is 2. The molecule has 1 amide bonds. The molecule has 1 aromatic carbocycles. The van der Waals surface area contributed by atoms with E-state index in [1.54, 1.807) is 30.3 Å². The molecule has 0 spiro atoms. The Bertz CT molecular complexity index is 607. The molecule has 2 rings (SSSR count). The lowest BCUT2D eigenvalue weighted by Gasteiger charge is -2.17. The van der Waals surface area contributed by atoms with E-state index in [4.69, 9.17) is 11.6 Å². The summed E-state index contributed by atoms with van der Waals surface area (Å²) in [6.07, 6.45) is 1.67. The number of carbonyl (C=O) groups excluding carboxylic acids is 1. The van der Waals surface area contributed by atoms with E-state index in [-0.39, 0.29) is 30.7 Å². The van der Waals surface area contributed by atoms with E-state index in [2.05, 4.69) is 10.3 Å². The number of pyridine rings is 1. The highest BCUT2D eigenvalue weighted by Crippen LogP contribution is 2.25. The lowest BCUT2D eigenvalue weighted by atomic mass is 10.1. The summed E-state index contributed by atoms with van der Waals surface area (Å²) in [5, 5.41) is 4.43. The van der Waals surface area contributed by atoms with Crippen molar-refractivity contribution >= 4 is 53.2 Å². The van der Waals surface area contributed by atoms with Gasteiger partial charge >= 0.3 is 0 Å². The van der Waals surface area contributed by atoms with Crippen molar-refractivity contribution in [2.45, 2.75) is 0 Å². The van der Waals surface area contributed by atoms with Crippen LogP contribution >= 0.6 is 36.4 Å². The molecule has 116 valence electrons. The molecule has 0 aliphatic carbocycles. The van der Waals surface area contributed by atoms with E-state index in [1.807, 2.05) is 19.2 Å². The molecule has 0 fully saturated rings. The Labute approximate surface area is 141 Å². The molecule has 0 saturated carbocycles. The number of hydrogen-bond acceptors (Lipinski definition) is 3. The zero-order valence-electron chi connectivity index (χ0n) is 11.8. The second-order valence-electron chi connectivity index (χ2n) is 4.32. The van der Waals surface area contributed by atoms with Gasteiger partial charge in [0, 0.05) is 31.7 Å². The molecular formula is C14H18Cl3N3O. The topological polar surface area (TPSA) is 45.2 Å². The first-order valence-electron chi connectivity index (χ1n) is 6.08. The summed E-state index contributed by atoms with van der Waals surface area (Å²) in [6.45, 7) is 1.40. The fraction of sp³-hybridized carbons (Fsp3) is 0.286. The second-order valence-corrected chi connectivity index (χ2v) is 4.73. The summed E-state index contributed by atoms with van der Waals surface area (Å²) in [7, 11) is 3.64. The number of benzene rings is 1. The predicted octanol–water partition coefficient (Wildman–Crippen LogP) is 3.02. The minimum Gasteiger partial charge on any atom is -0.340 e. The zero-order chi connectivity index (χ0) is 13.8. The lowest BCUT2D eigenvalue weighted by molar-refractivity contribution is 0.0798. The molecule has 7 heteroatoms. The fourth-order valence-corrected chi connectivity index (χ4v) is 2.11. The molecule has 1 N–H and O–H groups in total. The van der Waals surface area contributed by atoms with Gasteiger partial charge < -0.3 is 10.2 Å². The number of halogens is 3. The summed E-state index contributed by atoms with van der Waals surface area (Å²) in [5.41, 5.74) is 1.23. The van der Waals surface area contributed by atoms with Gasteiger partial charge in [-0.25, -0.2) is 0 Å². The van der Waals surface area contributed by atoms with Gasteiger partial charge in [-0.2, -0.15) is 0 Å². The Morgan fingerprint density at radius 3 is 2.71 bits per heavy atom. The van der Waals surface area contributed by atoms with Crippen LogP contribution in [-0.2, 0) is 0 Å². The average molecular weight is 351 g/mol. The van der Waals surface area contributed by atoms with Crippen molar-refractivity contribution in [1.82, 2.24) is 15.2 Å². The Kier molecular flexibility index (Phi) is 8.59. The molecule has 0 aliphatic heterocycles. The van der Waals surface area contributed by atoms with Crippen LogP contribution in [0.4, 0.5) is 0 Å². The number of aromatic nitrogens is 1. The van der Waals surface area contributed by atoms with Gasteiger partial charge in [-0.3, -0.25) is 9.78 Å². The Morgan fingerprint density at radius 2 is 2.05 bits per heavy atom. The van der Waals surface area contributed by atoms with Crippen LogP contribution in [0, 0.1) is 0 Å². The zero-order valence-corrected chi connectivity index (χ0v) is 14.2. The highest BCUT2D eigenvalue weighted by molar-refractivity contribution is 6.36. The molecule has 2 aromatic rings. The number of amides is 1. The summed E-state index contributed by atoms with van der Waals surface area (Å²) >= 11 is 6.12. The molecule has 1 aromatic heterocycles. The van der Waals surface area contributed by atoms with Crippen molar-refractivity contribution in [1.29, 1.82) is 0 Å². The largest absolute Gasteiger partial charge is 0.340 e. The van der Waals surface area contributed by atoms with Crippen LogP contribution in [0.1, 0.15) is 10.4 Å². The molecule has 21 heavy (non-hydrogen) atoms. The third kappa shape index (κ3) is 4.45. The fourth-order valence-electron chi connectivity index (χ4n) is 1.90. The van der Waals surface area contributed by atoms with E-state index < -0.39 is 0 Å². The van der Waals surface area contributed by atoms with Crippen molar-refractivity contribution in [2.75, 3.05) is 27.2 Å². The van der Waals surface area contributed by atoms with Gasteiger partial charge in [0.2, 0.25) is 0 Å². The minimum absolute atomic E-state index is 0. The second kappa shape index (κ2) is 9.05. The normalized spacial score (nSPS) is 9.67. The summed E-state index contributed by atoms with van der Waals surface area (Å²) < 4.78 is 0. The molecule has 0 saturated heterocycles. The maximum absolute atomic E-state index is 12.4. The number of nitrogens with one attached hydrogen (secondary N) is 1. The molecule has 4 nitrogen and oxygen atoms in total. The summed E-state index contributed by atoms with van der Waals surface area (Å²) in [5.74, 6) is -0.0457. The van der Waals surface area contributed by atoms with Crippen LogP contribution in [-0.4, -0.2) is 43.0 Å². The lowest BCUT2D eigenvalue weighted by Crippen LogP contribution is -2.32. The van der Waals surface area contributed by atoms with E-state index in [0.29, 0.717) is 22.6 Å². The Morgan fingerprint density at radius 1 is 1.33 bits per heavy atom. The van der Waals surface area contributed by atoms with E-state index in [9.17, 15) is 4.79 Å². The average Bonchev–Trinajstić information content (AvgIpc) is 2.45. The number of fused-ring (bicyclic) bond motifs is 1. The Hall–Kier alpha value is -1.07. The van der Waals surface area contributed by atoms with Gasteiger partial charge in [-0.1, -0.05) is 11.6 Å². The first-order valence-corrected chi connectivity index (χ1v) is 6.46. The van der Waals surface area contributed by atoms with E-state index in [0.717, 1.165) is 11.9 Å². The summed E-state index contributed by atoms with van der Waals surface area (Å²) in [6, 6.07) is 7.16. The molecule has 1 heterocycles. The van der Waals surface area contributed by atoms with Crippen molar-refractivity contribution in [3.05, 3.63) is 41.0 Å². The Balaban J connectivity index is 0.00000200. The standard InChI is InChI=1S/C14H16ClN3O.2ClH/c1-16-8-9-18(2)14(19)11-5-6-12(15)10-4-3-7-17-13(10)11;;/h3-7,16H,8-9H2,1-2H3;2*1H. The smallest absolute Gasteiger partial charge is 0.255 e. The highest BCUT2D eigenvalue weighted by atomic mass is 35.5. The van der Waals surface area contributed by atoms with Crippen LogP contribution in [0.3, 0.4) is 0 Å². The van der Waals surface area contributed by atoms with Crippen molar-refractivity contribution in [3.63, 3.8) is 0 Å².